The van der Waals surface area contributed by atoms with Gasteiger partial charge < -0.3 is 5.11 Å². The minimum atomic E-state index is -0.0596. The Morgan fingerprint density at radius 2 is 1.87 bits per heavy atom. The first-order valence-corrected chi connectivity index (χ1v) is 6.26. The predicted octanol–water partition coefficient (Wildman–Crippen LogP) is 4.23. The second-order valence-electron chi connectivity index (χ2n) is 4.10. The van der Waals surface area contributed by atoms with Gasteiger partial charge in [0.05, 0.1) is 6.10 Å². The molecule has 88 valence electrons. The van der Waals surface area contributed by atoms with Crippen LogP contribution in [0.3, 0.4) is 0 Å². The van der Waals surface area contributed by atoms with Gasteiger partial charge in [-0.2, -0.15) is 0 Å². The molecule has 15 heavy (non-hydrogen) atoms. The number of aliphatic hydroxyl groups is 1. The molecule has 0 heterocycles. The van der Waals surface area contributed by atoms with Crippen molar-refractivity contribution in [1.82, 2.24) is 0 Å². The van der Waals surface area contributed by atoms with E-state index in [1.54, 1.807) is 0 Å². The van der Waals surface area contributed by atoms with E-state index in [1.807, 2.05) is 12.2 Å². The van der Waals surface area contributed by atoms with Crippen molar-refractivity contribution in [1.29, 1.82) is 0 Å². The van der Waals surface area contributed by atoms with Crippen LogP contribution in [0.25, 0.3) is 0 Å². The average Bonchev–Trinajstić information content (AvgIpc) is 2.22. The summed E-state index contributed by atoms with van der Waals surface area (Å²) in [5, 5.41) is 9.50. The minimum absolute atomic E-state index is 0.0596. The second-order valence-corrected chi connectivity index (χ2v) is 4.10. The van der Waals surface area contributed by atoms with Crippen molar-refractivity contribution < 1.29 is 5.11 Å². The quantitative estimate of drug-likeness (QED) is 0.422. The molecule has 0 spiro atoms. The maximum Gasteiger partial charge on any atom is 0.0540 e. The zero-order chi connectivity index (χ0) is 11.4. The zero-order valence-electron chi connectivity index (χ0n) is 10.1. The molecule has 0 aromatic heterocycles. The molecule has 1 heteroatoms. The molecule has 1 nitrogen and oxygen atoms in total. The molecular weight excluding hydrogens is 184 g/mol. The summed E-state index contributed by atoms with van der Waals surface area (Å²) in [6.45, 7) is 5.75. The van der Waals surface area contributed by atoms with E-state index in [2.05, 4.69) is 19.6 Å². The summed E-state index contributed by atoms with van der Waals surface area (Å²) in [5.41, 5.74) is 0. The van der Waals surface area contributed by atoms with Crippen LogP contribution in [0.4, 0.5) is 0 Å². The highest BCUT2D eigenvalue weighted by atomic mass is 16.3. The van der Waals surface area contributed by atoms with E-state index in [0.717, 1.165) is 25.7 Å². The molecule has 1 atom stereocenters. The van der Waals surface area contributed by atoms with Crippen LogP contribution in [0, 0.1) is 0 Å². The number of rotatable bonds is 10. The van der Waals surface area contributed by atoms with Crippen LogP contribution in [-0.2, 0) is 0 Å². The Kier molecular flexibility index (Phi) is 11.1. The molecule has 0 rings (SSSR count). The van der Waals surface area contributed by atoms with Crippen LogP contribution in [0.15, 0.2) is 24.8 Å². The van der Waals surface area contributed by atoms with E-state index in [0.29, 0.717) is 0 Å². The van der Waals surface area contributed by atoms with E-state index in [9.17, 15) is 5.11 Å². The molecule has 0 aliphatic carbocycles. The Morgan fingerprint density at radius 1 is 1.13 bits per heavy atom. The Bertz CT molecular complexity index is 161. The average molecular weight is 210 g/mol. The van der Waals surface area contributed by atoms with Crippen LogP contribution in [-0.4, -0.2) is 11.2 Å². The molecule has 0 radical (unpaired) electrons. The van der Waals surface area contributed by atoms with Gasteiger partial charge in [0.15, 0.2) is 0 Å². The van der Waals surface area contributed by atoms with Crippen molar-refractivity contribution in [3.05, 3.63) is 24.8 Å². The van der Waals surface area contributed by atoms with Gasteiger partial charge in [-0.15, -0.1) is 0 Å². The SMILES string of the molecule is C=CC=CCCCCCCC(O)CCC. The first-order valence-electron chi connectivity index (χ1n) is 6.26. The fourth-order valence-corrected chi connectivity index (χ4v) is 1.67. The lowest BCUT2D eigenvalue weighted by Gasteiger charge is -2.07. The number of unbranched alkanes of at least 4 members (excludes halogenated alkanes) is 4. The van der Waals surface area contributed by atoms with Crippen molar-refractivity contribution in [2.75, 3.05) is 0 Å². The molecule has 1 N–H and O–H groups in total. The summed E-state index contributed by atoms with van der Waals surface area (Å²) in [7, 11) is 0. The zero-order valence-corrected chi connectivity index (χ0v) is 10.1. The lowest BCUT2D eigenvalue weighted by atomic mass is 10.1. The number of hydrogen-bond acceptors (Lipinski definition) is 1. The Labute approximate surface area is 94.9 Å². The molecule has 0 saturated heterocycles. The van der Waals surface area contributed by atoms with Gasteiger partial charge in [0.25, 0.3) is 0 Å². The highest BCUT2D eigenvalue weighted by Gasteiger charge is 2.00. The molecule has 0 aliphatic rings. The molecule has 0 fully saturated rings. The van der Waals surface area contributed by atoms with Crippen molar-refractivity contribution in [3.63, 3.8) is 0 Å². The third-order valence-corrected chi connectivity index (χ3v) is 2.55. The molecule has 0 amide bonds. The predicted molar refractivity (Wildman–Crippen MR) is 68.0 cm³/mol. The van der Waals surface area contributed by atoms with Gasteiger partial charge in [-0.25, -0.2) is 0 Å². The molecule has 0 aliphatic heterocycles. The van der Waals surface area contributed by atoms with E-state index in [4.69, 9.17) is 0 Å². The maximum atomic E-state index is 9.50. The monoisotopic (exact) mass is 210 g/mol. The van der Waals surface area contributed by atoms with Gasteiger partial charge in [0.2, 0.25) is 0 Å². The maximum absolute atomic E-state index is 9.50. The van der Waals surface area contributed by atoms with Gasteiger partial charge in [0.1, 0.15) is 0 Å². The summed E-state index contributed by atoms with van der Waals surface area (Å²) in [4.78, 5) is 0. The number of aliphatic hydroxyl groups excluding tert-OH is 1. The third kappa shape index (κ3) is 11.4. The molecular formula is C14H26O. The van der Waals surface area contributed by atoms with Crippen molar-refractivity contribution in [3.8, 4) is 0 Å². The normalized spacial score (nSPS) is 13.2. The van der Waals surface area contributed by atoms with Gasteiger partial charge >= 0.3 is 0 Å². The summed E-state index contributed by atoms with van der Waals surface area (Å²) >= 11 is 0. The lowest BCUT2D eigenvalue weighted by molar-refractivity contribution is 0.150. The summed E-state index contributed by atoms with van der Waals surface area (Å²) in [5.74, 6) is 0. The number of allylic oxidation sites excluding steroid dienone is 3. The lowest BCUT2D eigenvalue weighted by Crippen LogP contribution is -2.04. The van der Waals surface area contributed by atoms with E-state index >= 15 is 0 Å². The minimum Gasteiger partial charge on any atom is -0.393 e. The van der Waals surface area contributed by atoms with Gasteiger partial charge in [-0.05, 0) is 25.7 Å². The highest BCUT2D eigenvalue weighted by Crippen LogP contribution is 2.10. The molecule has 0 aromatic carbocycles. The van der Waals surface area contributed by atoms with Crippen LogP contribution < -0.4 is 0 Å². The van der Waals surface area contributed by atoms with E-state index < -0.39 is 0 Å². The third-order valence-electron chi connectivity index (χ3n) is 2.55. The topological polar surface area (TPSA) is 20.2 Å². The first-order chi connectivity index (χ1) is 7.31. The van der Waals surface area contributed by atoms with Crippen molar-refractivity contribution >= 4 is 0 Å². The molecule has 0 bridgehead atoms. The van der Waals surface area contributed by atoms with Crippen LogP contribution in [0.5, 0.6) is 0 Å². The summed E-state index contributed by atoms with van der Waals surface area (Å²) < 4.78 is 0. The fraction of sp³-hybridized carbons (Fsp3) is 0.714. The van der Waals surface area contributed by atoms with Crippen LogP contribution in [0.1, 0.15) is 58.3 Å². The fourth-order valence-electron chi connectivity index (χ4n) is 1.67. The van der Waals surface area contributed by atoms with Crippen LogP contribution >= 0.6 is 0 Å². The second kappa shape index (κ2) is 11.5. The standard InChI is InChI=1S/C14H26O/c1-3-5-6-7-8-9-10-11-13-14(15)12-4-2/h3,5-6,14-15H,1,4,7-13H2,2H3. The van der Waals surface area contributed by atoms with Crippen LogP contribution in [0.2, 0.25) is 0 Å². The summed E-state index contributed by atoms with van der Waals surface area (Å²) in [6.07, 6.45) is 15.1. The van der Waals surface area contributed by atoms with Gasteiger partial charge in [0, 0.05) is 0 Å². The smallest absolute Gasteiger partial charge is 0.0540 e. The molecule has 1 unspecified atom stereocenters. The van der Waals surface area contributed by atoms with Crippen molar-refractivity contribution in [2.24, 2.45) is 0 Å². The van der Waals surface area contributed by atoms with E-state index in [-0.39, 0.29) is 6.10 Å². The van der Waals surface area contributed by atoms with E-state index in [1.165, 1.54) is 25.7 Å². The Morgan fingerprint density at radius 3 is 2.53 bits per heavy atom. The first kappa shape index (κ1) is 14.4. The van der Waals surface area contributed by atoms with Gasteiger partial charge in [-0.3, -0.25) is 0 Å². The molecule has 0 saturated carbocycles. The Hall–Kier alpha value is -0.560. The van der Waals surface area contributed by atoms with Crippen molar-refractivity contribution in [2.45, 2.75) is 64.4 Å². The summed E-state index contributed by atoms with van der Waals surface area (Å²) in [6, 6.07) is 0. The molecule has 0 aromatic rings. The highest BCUT2D eigenvalue weighted by molar-refractivity contribution is 4.96. The largest absolute Gasteiger partial charge is 0.393 e. The van der Waals surface area contributed by atoms with Gasteiger partial charge in [-0.1, -0.05) is 57.4 Å². The Balaban J connectivity index is 3.10. The number of hydrogen-bond donors (Lipinski definition) is 1.